The fourth-order valence-electron chi connectivity index (χ4n) is 3.45. The molecule has 0 spiro atoms. The van der Waals surface area contributed by atoms with Crippen molar-refractivity contribution in [2.24, 2.45) is 0 Å². The van der Waals surface area contributed by atoms with Gasteiger partial charge in [-0.1, -0.05) is 48.5 Å². The number of amides is 1. The molecule has 8 heteroatoms. The first kappa shape index (κ1) is 21.7. The van der Waals surface area contributed by atoms with Crippen molar-refractivity contribution in [1.82, 2.24) is 5.32 Å². The molecule has 3 aromatic carbocycles. The number of hydrogen-bond donors (Lipinski definition) is 2. The molecule has 2 N–H and O–H groups in total. The number of benzene rings is 3. The van der Waals surface area contributed by atoms with Crippen molar-refractivity contribution in [2.45, 2.75) is 11.3 Å². The number of hydrogen-bond acceptors (Lipinski definition) is 4. The summed E-state index contributed by atoms with van der Waals surface area (Å²) in [7, 11) is -3.66. The van der Waals surface area contributed by atoms with Crippen molar-refractivity contribution in [3.8, 4) is 0 Å². The van der Waals surface area contributed by atoms with Gasteiger partial charge in [-0.05, 0) is 66.2 Å². The van der Waals surface area contributed by atoms with Gasteiger partial charge in [0, 0.05) is 18.3 Å². The van der Waals surface area contributed by atoms with Crippen LogP contribution < -0.4 is 14.9 Å². The fraction of sp³-hybridized carbons (Fsp3) is 0.0833. The molecule has 0 radical (unpaired) electrons. The van der Waals surface area contributed by atoms with E-state index in [9.17, 15) is 13.2 Å². The molecule has 162 valence electrons. The number of rotatable bonds is 5. The number of anilines is 2. The predicted octanol–water partition coefficient (Wildman–Crippen LogP) is 3.96. The zero-order valence-corrected chi connectivity index (χ0v) is 18.7. The summed E-state index contributed by atoms with van der Waals surface area (Å²) in [6.07, 6.45) is 3.78. The van der Waals surface area contributed by atoms with Gasteiger partial charge < -0.3 is 5.32 Å². The van der Waals surface area contributed by atoms with E-state index in [1.807, 2.05) is 54.6 Å². The SMILES string of the molecule is O=C(/C=C/c1ccccc1)NC(=S)Nc1ccc(S(=O)(=O)N2CCc3ccccc32)cc1. The summed E-state index contributed by atoms with van der Waals surface area (Å²) in [5.41, 5.74) is 3.22. The molecule has 1 aliphatic heterocycles. The Morgan fingerprint density at radius 1 is 0.938 bits per heavy atom. The summed E-state index contributed by atoms with van der Waals surface area (Å²) >= 11 is 5.18. The first-order chi connectivity index (χ1) is 15.4. The molecule has 0 bridgehead atoms. The third kappa shape index (κ3) is 4.87. The molecule has 4 rings (SSSR count). The minimum atomic E-state index is -3.66. The first-order valence-corrected chi connectivity index (χ1v) is 11.8. The molecule has 0 saturated carbocycles. The number of carbonyl (C=O) groups is 1. The quantitative estimate of drug-likeness (QED) is 0.442. The van der Waals surface area contributed by atoms with E-state index >= 15 is 0 Å². The molecular formula is C24H21N3O3S2. The molecule has 0 saturated heterocycles. The zero-order valence-electron chi connectivity index (χ0n) is 17.1. The van der Waals surface area contributed by atoms with E-state index in [-0.39, 0.29) is 15.9 Å². The zero-order chi connectivity index (χ0) is 22.6. The highest BCUT2D eigenvalue weighted by molar-refractivity contribution is 7.92. The second-order valence-corrected chi connectivity index (χ2v) is 9.44. The number of nitrogens with one attached hydrogen (secondary N) is 2. The van der Waals surface area contributed by atoms with Crippen molar-refractivity contribution in [3.05, 3.63) is 96.1 Å². The topological polar surface area (TPSA) is 78.5 Å². The smallest absolute Gasteiger partial charge is 0.264 e. The van der Waals surface area contributed by atoms with Gasteiger partial charge in [0.05, 0.1) is 10.6 Å². The Bertz CT molecular complexity index is 1270. The van der Waals surface area contributed by atoms with E-state index < -0.39 is 10.0 Å². The average molecular weight is 464 g/mol. The van der Waals surface area contributed by atoms with E-state index in [0.29, 0.717) is 18.7 Å². The second kappa shape index (κ2) is 9.33. The molecular weight excluding hydrogens is 442 g/mol. The maximum Gasteiger partial charge on any atom is 0.264 e. The lowest BCUT2D eigenvalue weighted by molar-refractivity contribution is -0.115. The molecule has 32 heavy (non-hydrogen) atoms. The highest BCUT2D eigenvalue weighted by atomic mass is 32.2. The predicted molar refractivity (Wildman–Crippen MR) is 131 cm³/mol. The first-order valence-electron chi connectivity index (χ1n) is 9.99. The van der Waals surface area contributed by atoms with Gasteiger partial charge in [-0.15, -0.1) is 0 Å². The average Bonchev–Trinajstić information content (AvgIpc) is 3.24. The molecule has 1 amide bonds. The van der Waals surface area contributed by atoms with Crippen LogP contribution in [-0.4, -0.2) is 26.0 Å². The normalized spacial score (nSPS) is 13.1. The Morgan fingerprint density at radius 2 is 1.62 bits per heavy atom. The number of nitrogens with zero attached hydrogens (tertiary/aromatic N) is 1. The maximum atomic E-state index is 13.1. The molecule has 0 unspecified atom stereocenters. The summed E-state index contributed by atoms with van der Waals surface area (Å²) in [5.74, 6) is -0.363. The summed E-state index contributed by atoms with van der Waals surface area (Å²) in [5, 5.41) is 5.58. The van der Waals surface area contributed by atoms with Crippen LogP contribution in [0.3, 0.4) is 0 Å². The van der Waals surface area contributed by atoms with Gasteiger partial charge >= 0.3 is 0 Å². The molecule has 1 aliphatic rings. The van der Waals surface area contributed by atoms with Gasteiger partial charge in [-0.25, -0.2) is 8.42 Å². The standard InChI is InChI=1S/C24H21N3O3S2/c28-23(15-10-18-6-2-1-3-7-18)26-24(31)25-20-11-13-21(14-12-20)32(29,30)27-17-16-19-8-4-5-9-22(19)27/h1-15H,16-17H2,(H2,25,26,28,31)/b15-10+. The molecule has 1 heterocycles. The van der Waals surface area contributed by atoms with Crippen molar-refractivity contribution in [1.29, 1.82) is 0 Å². The van der Waals surface area contributed by atoms with Crippen molar-refractivity contribution in [2.75, 3.05) is 16.2 Å². The van der Waals surface area contributed by atoms with Crippen LogP contribution in [0.2, 0.25) is 0 Å². The summed E-state index contributed by atoms with van der Waals surface area (Å²) in [6, 6.07) is 23.2. The van der Waals surface area contributed by atoms with Crippen LogP contribution in [0.5, 0.6) is 0 Å². The Hall–Kier alpha value is -3.49. The fourth-order valence-corrected chi connectivity index (χ4v) is 5.17. The summed E-state index contributed by atoms with van der Waals surface area (Å²) in [6.45, 7) is 0.425. The summed E-state index contributed by atoms with van der Waals surface area (Å²) in [4.78, 5) is 12.2. The Balaban J connectivity index is 1.38. The highest BCUT2D eigenvalue weighted by Gasteiger charge is 2.30. The minimum absolute atomic E-state index is 0.122. The molecule has 0 aromatic heterocycles. The van der Waals surface area contributed by atoms with Crippen LogP contribution in [0.15, 0.2) is 89.8 Å². The van der Waals surface area contributed by atoms with Crippen LogP contribution in [0.4, 0.5) is 11.4 Å². The van der Waals surface area contributed by atoms with Gasteiger partial charge in [0.25, 0.3) is 10.0 Å². The van der Waals surface area contributed by atoms with Crippen LogP contribution in [0.1, 0.15) is 11.1 Å². The number of carbonyl (C=O) groups excluding carboxylic acids is 1. The van der Waals surface area contributed by atoms with Gasteiger partial charge in [-0.3, -0.25) is 14.4 Å². The lowest BCUT2D eigenvalue weighted by Gasteiger charge is -2.19. The number of sulfonamides is 1. The summed E-state index contributed by atoms with van der Waals surface area (Å²) < 4.78 is 27.6. The van der Waals surface area contributed by atoms with Crippen LogP contribution in [0.25, 0.3) is 6.08 Å². The Morgan fingerprint density at radius 3 is 2.38 bits per heavy atom. The largest absolute Gasteiger partial charge is 0.332 e. The van der Waals surface area contributed by atoms with Gasteiger partial charge in [0.2, 0.25) is 5.91 Å². The van der Waals surface area contributed by atoms with Crippen LogP contribution in [0, 0.1) is 0 Å². The van der Waals surface area contributed by atoms with Gasteiger partial charge in [0.1, 0.15) is 0 Å². The second-order valence-electron chi connectivity index (χ2n) is 7.17. The highest BCUT2D eigenvalue weighted by Crippen LogP contribution is 2.32. The van der Waals surface area contributed by atoms with Crippen molar-refractivity contribution >= 4 is 50.7 Å². The molecule has 3 aromatic rings. The third-order valence-corrected chi connectivity index (χ3v) is 7.04. The van der Waals surface area contributed by atoms with Gasteiger partial charge in [-0.2, -0.15) is 0 Å². The van der Waals surface area contributed by atoms with Gasteiger partial charge in [0.15, 0.2) is 5.11 Å². The lowest BCUT2D eigenvalue weighted by Crippen LogP contribution is -2.32. The van der Waals surface area contributed by atoms with E-state index in [1.165, 1.54) is 22.5 Å². The maximum absolute atomic E-state index is 13.1. The Labute approximate surface area is 192 Å². The Kier molecular flexibility index (Phi) is 6.34. The number of thiocarbonyl (C=S) groups is 1. The van der Waals surface area contributed by atoms with Crippen LogP contribution >= 0.6 is 12.2 Å². The van der Waals surface area contributed by atoms with E-state index in [2.05, 4.69) is 10.6 Å². The van der Waals surface area contributed by atoms with Crippen molar-refractivity contribution in [3.63, 3.8) is 0 Å². The monoisotopic (exact) mass is 463 g/mol. The van der Waals surface area contributed by atoms with Crippen LogP contribution in [-0.2, 0) is 21.2 Å². The minimum Gasteiger partial charge on any atom is -0.332 e. The third-order valence-electron chi connectivity index (χ3n) is 5.01. The lowest BCUT2D eigenvalue weighted by atomic mass is 10.2. The molecule has 0 atom stereocenters. The van der Waals surface area contributed by atoms with Crippen molar-refractivity contribution < 1.29 is 13.2 Å². The molecule has 0 fully saturated rings. The van der Waals surface area contributed by atoms with E-state index in [1.54, 1.807) is 18.2 Å². The van der Waals surface area contributed by atoms with E-state index in [0.717, 1.165) is 16.8 Å². The van der Waals surface area contributed by atoms with E-state index in [4.69, 9.17) is 12.2 Å². The molecule has 0 aliphatic carbocycles. The molecule has 6 nitrogen and oxygen atoms in total. The number of para-hydroxylation sites is 1. The number of fused-ring (bicyclic) bond motifs is 1.